The first-order chi connectivity index (χ1) is 9.67. The highest BCUT2D eigenvalue weighted by molar-refractivity contribution is 5.80. The van der Waals surface area contributed by atoms with Crippen LogP contribution in [0.2, 0.25) is 0 Å². The minimum Gasteiger partial charge on any atom is -0.481 e. The maximum atomic E-state index is 13.0. The molecule has 8 heteroatoms. The maximum Gasteiger partial charge on any atom is 0.406 e. The standard InChI is InChI=1S/C13H21F3N2O3/c1-3-9(4-2)7-17-11(21)18-6-5-12(8-18,10(19)20)13(14,15)16/h9H,3-8H2,1-2H3,(H,17,21)(H,19,20). The van der Waals surface area contributed by atoms with Gasteiger partial charge in [0, 0.05) is 19.6 Å². The lowest BCUT2D eigenvalue weighted by molar-refractivity contribution is -0.226. The molecule has 1 saturated heterocycles. The van der Waals surface area contributed by atoms with E-state index in [0.717, 1.165) is 17.7 Å². The summed E-state index contributed by atoms with van der Waals surface area (Å²) in [6.07, 6.45) is -3.76. The number of carbonyl (C=O) groups excluding carboxylic acids is 1. The summed E-state index contributed by atoms with van der Waals surface area (Å²) in [6.45, 7) is 3.28. The first-order valence-electron chi connectivity index (χ1n) is 7.00. The third-order valence-corrected chi connectivity index (χ3v) is 4.21. The zero-order valence-corrected chi connectivity index (χ0v) is 12.2. The number of amides is 2. The predicted octanol–water partition coefficient (Wildman–Crippen LogP) is 2.47. The molecule has 0 aliphatic carbocycles. The molecule has 1 atom stereocenters. The number of aliphatic carboxylic acids is 1. The van der Waals surface area contributed by atoms with Gasteiger partial charge in [-0.15, -0.1) is 0 Å². The van der Waals surface area contributed by atoms with E-state index in [1.807, 2.05) is 13.8 Å². The fraction of sp³-hybridized carbons (Fsp3) is 0.846. The molecule has 1 aliphatic heterocycles. The molecule has 0 aromatic carbocycles. The summed E-state index contributed by atoms with van der Waals surface area (Å²) in [5.74, 6) is -1.66. The van der Waals surface area contributed by atoms with Gasteiger partial charge in [0.05, 0.1) is 0 Å². The molecule has 1 rings (SSSR count). The predicted molar refractivity (Wildman–Crippen MR) is 69.8 cm³/mol. The van der Waals surface area contributed by atoms with Crippen molar-refractivity contribution < 1.29 is 27.9 Å². The van der Waals surface area contributed by atoms with Crippen LogP contribution in [-0.4, -0.2) is 47.8 Å². The van der Waals surface area contributed by atoms with E-state index in [9.17, 15) is 22.8 Å². The Hall–Kier alpha value is -1.47. The van der Waals surface area contributed by atoms with E-state index in [-0.39, 0.29) is 12.5 Å². The van der Waals surface area contributed by atoms with Crippen LogP contribution in [0, 0.1) is 11.3 Å². The number of urea groups is 1. The summed E-state index contributed by atoms with van der Waals surface area (Å²) in [5, 5.41) is 11.5. The van der Waals surface area contributed by atoms with Gasteiger partial charge in [0.15, 0.2) is 5.41 Å². The van der Waals surface area contributed by atoms with E-state index in [1.54, 1.807) is 0 Å². The summed E-state index contributed by atoms with van der Waals surface area (Å²) < 4.78 is 39.0. The molecule has 1 heterocycles. The van der Waals surface area contributed by atoms with Crippen molar-refractivity contribution in [1.29, 1.82) is 0 Å². The molecular weight excluding hydrogens is 289 g/mol. The van der Waals surface area contributed by atoms with Crippen LogP contribution in [0.3, 0.4) is 0 Å². The van der Waals surface area contributed by atoms with Crippen molar-refractivity contribution in [1.82, 2.24) is 10.2 Å². The molecule has 0 aromatic heterocycles. The van der Waals surface area contributed by atoms with Crippen molar-refractivity contribution >= 4 is 12.0 Å². The molecule has 1 unspecified atom stereocenters. The number of carboxylic acid groups (broad SMARTS) is 1. The van der Waals surface area contributed by atoms with E-state index in [2.05, 4.69) is 5.32 Å². The number of hydrogen-bond donors (Lipinski definition) is 2. The molecule has 122 valence electrons. The third-order valence-electron chi connectivity index (χ3n) is 4.21. The summed E-state index contributed by atoms with van der Waals surface area (Å²) >= 11 is 0. The van der Waals surface area contributed by atoms with Crippen LogP contribution in [0.5, 0.6) is 0 Å². The Balaban J connectivity index is 2.68. The highest BCUT2D eigenvalue weighted by atomic mass is 19.4. The number of rotatable bonds is 5. The topological polar surface area (TPSA) is 69.6 Å². The average Bonchev–Trinajstić information content (AvgIpc) is 2.85. The number of likely N-dealkylation sites (tertiary alicyclic amines) is 1. The summed E-state index contributed by atoms with van der Waals surface area (Å²) in [7, 11) is 0. The minimum absolute atomic E-state index is 0.208. The van der Waals surface area contributed by atoms with Crippen molar-refractivity contribution in [3.8, 4) is 0 Å². The van der Waals surface area contributed by atoms with Crippen molar-refractivity contribution in [2.45, 2.75) is 39.3 Å². The molecule has 1 aliphatic rings. The van der Waals surface area contributed by atoms with Gasteiger partial charge < -0.3 is 15.3 Å². The molecular formula is C13H21F3N2O3. The molecule has 5 nitrogen and oxygen atoms in total. The second kappa shape index (κ2) is 6.53. The molecule has 0 aromatic rings. The number of alkyl halides is 3. The Kier molecular flexibility index (Phi) is 5.47. The van der Waals surface area contributed by atoms with Gasteiger partial charge in [0.1, 0.15) is 0 Å². The second-order valence-corrected chi connectivity index (χ2v) is 5.43. The number of carbonyl (C=O) groups is 2. The lowest BCUT2D eigenvalue weighted by Gasteiger charge is -2.27. The van der Waals surface area contributed by atoms with Crippen LogP contribution < -0.4 is 5.32 Å². The van der Waals surface area contributed by atoms with Crippen molar-refractivity contribution in [3.05, 3.63) is 0 Å². The highest BCUT2D eigenvalue weighted by Crippen LogP contribution is 2.45. The van der Waals surface area contributed by atoms with E-state index in [1.165, 1.54) is 0 Å². The van der Waals surface area contributed by atoms with Crippen LogP contribution in [0.4, 0.5) is 18.0 Å². The molecule has 21 heavy (non-hydrogen) atoms. The quantitative estimate of drug-likeness (QED) is 0.819. The number of nitrogens with one attached hydrogen (secondary N) is 1. The number of nitrogens with zero attached hydrogens (tertiary/aromatic N) is 1. The van der Waals surface area contributed by atoms with Crippen molar-refractivity contribution in [2.24, 2.45) is 11.3 Å². The molecule has 1 fully saturated rings. The molecule has 0 radical (unpaired) electrons. The second-order valence-electron chi connectivity index (χ2n) is 5.43. The summed E-state index contributed by atoms with van der Waals surface area (Å²) in [4.78, 5) is 23.8. The fourth-order valence-electron chi connectivity index (χ4n) is 2.43. The number of carboxylic acids is 1. The zero-order valence-electron chi connectivity index (χ0n) is 12.2. The normalized spacial score (nSPS) is 22.7. The smallest absolute Gasteiger partial charge is 0.406 e. The van der Waals surface area contributed by atoms with Crippen molar-refractivity contribution in [3.63, 3.8) is 0 Å². The SMILES string of the molecule is CCC(CC)CNC(=O)N1CCC(C(=O)O)(C(F)(F)F)C1. The van der Waals surface area contributed by atoms with Gasteiger partial charge in [-0.05, 0) is 12.3 Å². The van der Waals surface area contributed by atoms with Crippen LogP contribution in [-0.2, 0) is 4.79 Å². The van der Waals surface area contributed by atoms with E-state index < -0.39 is 36.6 Å². The van der Waals surface area contributed by atoms with E-state index >= 15 is 0 Å². The average molecular weight is 310 g/mol. The molecule has 2 amide bonds. The first kappa shape index (κ1) is 17.6. The number of hydrogen-bond acceptors (Lipinski definition) is 2. The summed E-state index contributed by atoms with van der Waals surface area (Å²) in [5.41, 5.74) is -2.85. The lowest BCUT2D eigenvalue weighted by Crippen LogP contribution is -2.49. The van der Waals surface area contributed by atoms with Gasteiger partial charge >= 0.3 is 18.2 Å². The molecule has 0 bridgehead atoms. The Bertz CT molecular complexity index is 397. The van der Waals surface area contributed by atoms with Gasteiger partial charge in [-0.1, -0.05) is 26.7 Å². The molecule has 2 N–H and O–H groups in total. The monoisotopic (exact) mass is 310 g/mol. The summed E-state index contributed by atoms with van der Waals surface area (Å²) in [6, 6.07) is -0.630. The maximum absolute atomic E-state index is 13.0. The Labute approximate surface area is 121 Å². The molecule has 0 spiro atoms. The van der Waals surface area contributed by atoms with Gasteiger partial charge in [-0.3, -0.25) is 4.79 Å². The van der Waals surface area contributed by atoms with Gasteiger partial charge in [-0.25, -0.2) is 4.79 Å². The molecule has 0 saturated carbocycles. The van der Waals surface area contributed by atoms with Gasteiger partial charge in [0.25, 0.3) is 0 Å². The Morgan fingerprint density at radius 3 is 2.29 bits per heavy atom. The van der Waals surface area contributed by atoms with Crippen LogP contribution in [0.15, 0.2) is 0 Å². The van der Waals surface area contributed by atoms with Crippen LogP contribution in [0.1, 0.15) is 33.1 Å². The third kappa shape index (κ3) is 3.59. The van der Waals surface area contributed by atoms with Crippen LogP contribution >= 0.6 is 0 Å². The Morgan fingerprint density at radius 1 is 1.33 bits per heavy atom. The highest BCUT2D eigenvalue weighted by Gasteiger charge is 2.64. The Morgan fingerprint density at radius 2 is 1.90 bits per heavy atom. The lowest BCUT2D eigenvalue weighted by atomic mass is 9.86. The number of halogens is 3. The van der Waals surface area contributed by atoms with Crippen LogP contribution in [0.25, 0.3) is 0 Å². The minimum atomic E-state index is -4.87. The first-order valence-corrected chi connectivity index (χ1v) is 7.00. The zero-order chi connectivity index (χ0) is 16.3. The van der Waals surface area contributed by atoms with Gasteiger partial charge in [0.2, 0.25) is 0 Å². The van der Waals surface area contributed by atoms with Gasteiger partial charge in [-0.2, -0.15) is 13.2 Å². The fourth-order valence-corrected chi connectivity index (χ4v) is 2.43. The largest absolute Gasteiger partial charge is 0.481 e. The van der Waals surface area contributed by atoms with Crippen molar-refractivity contribution in [2.75, 3.05) is 19.6 Å². The van der Waals surface area contributed by atoms with E-state index in [4.69, 9.17) is 5.11 Å². The van der Waals surface area contributed by atoms with E-state index in [0.29, 0.717) is 6.54 Å².